The number of rotatable bonds is 6. The third kappa shape index (κ3) is 4.33. The maximum atomic E-state index is 10.7. The topological polar surface area (TPSA) is 58.9 Å². The van der Waals surface area contributed by atoms with Gasteiger partial charge in [0.25, 0.3) is 0 Å². The van der Waals surface area contributed by atoms with E-state index in [1.54, 1.807) is 0 Å². The molecule has 0 saturated heterocycles. The minimum absolute atomic E-state index is 0.0150. The Morgan fingerprint density at radius 1 is 1.05 bits per heavy atom. The molecule has 0 atom stereocenters. The summed E-state index contributed by atoms with van der Waals surface area (Å²) in [5, 5.41) is 13.4. The van der Waals surface area contributed by atoms with Crippen molar-refractivity contribution in [3.05, 3.63) is 59.1 Å². The Labute approximate surface area is 134 Å². The minimum Gasteiger partial charge on any atom is -0.481 e. The molecule has 2 aromatic rings. The summed E-state index contributed by atoms with van der Waals surface area (Å²) in [5.41, 5.74) is 3.58. The summed E-state index contributed by atoms with van der Waals surface area (Å²) in [7, 11) is 1.45. The molecule has 0 spiro atoms. The van der Waals surface area contributed by atoms with Crippen molar-refractivity contribution in [3.8, 4) is 11.1 Å². The van der Waals surface area contributed by atoms with Crippen LogP contribution >= 0.6 is 11.6 Å². The van der Waals surface area contributed by atoms with Gasteiger partial charge < -0.3 is 9.94 Å². The molecule has 0 fully saturated rings. The summed E-state index contributed by atoms with van der Waals surface area (Å²) in [6, 6.07) is 15.3. The van der Waals surface area contributed by atoms with Crippen LogP contribution in [0.3, 0.4) is 0 Å². The van der Waals surface area contributed by atoms with Crippen molar-refractivity contribution in [3.63, 3.8) is 0 Å². The molecule has 2 rings (SSSR count). The van der Waals surface area contributed by atoms with Crippen molar-refractivity contribution < 1.29 is 14.7 Å². The number of hydrogen-bond acceptors (Lipinski definition) is 3. The molecule has 22 heavy (non-hydrogen) atoms. The second-order valence-electron chi connectivity index (χ2n) is 4.70. The Balaban J connectivity index is 2.20. The van der Waals surface area contributed by atoms with Gasteiger partial charge in [-0.2, -0.15) is 0 Å². The van der Waals surface area contributed by atoms with Gasteiger partial charge >= 0.3 is 5.97 Å². The van der Waals surface area contributed by atoms with Crippen molar-refractivity contribution in [1.82, 2.24) is 0 Å². The number of carboxylic acid groups (broad SMARTS) is 1. The molecule has 0 aromatic heterocycles. The molecule has 0 heterocycles. The highest BCUT2D eigenvalue weighted by molar-refractivity contribution is 6.30. The van der Waals surface area contributed by atoms with Crippen LogP contribution in [0.25, 0.3) is 11.1 Å². The van der Waals surface area contributed by atoms with E-state index >= 15 is 0 Å². The maximum Gasteiger partial charge on any atom is 0.303 e. The first kappa shape index (κ1) is 16.0. The van der Waals surface area contributed by atoms with Gasteiger partial charge in [0, 0.05) is 11.4 Å². The van der Waals surface area contributed by atoms with E-state index in [0.29, 0.717) is 17.2 Å². The second kappa shape index (κ2) is 7.61. The lowest BCUT2D eigenvalue weighted by Gasteiger charge is -2.07. The molecular formula is C17H16ClNO3. The van der Waals surface area contributed by atoms with Crippen molar-refractivity contribution in [2.75, 3.05) is 7.11 Å². The summed E-state index contributed by atoms with van der Waals surface area (Å²) < 4.78 is 0. The first-order valence-corrected chi connectivity index (χ1v) is 7.16. The van der Waals surface area contributed by atoms with E-state index in [2.05, 4.69) is 5.16 Å². The lowest BCUT2D eigenvalue weighted by Crippen LogP contribution is -2.05. The zero-order valence-electron chi connectivity index (χ0n) is 12.1. The third-order valence-electron chi connectivity index (χ3n) is 3.17. The van der Waals surface area contributed by atoms with Gasteiger partial charge in [0.05, 0.1) is 12.1 Å². The fraction of sp³-hybridized carbons (Fsp3) is 0.176. The molecule has 0 amide bonds. The normalized spacial score (nSPS) is 11.3. The van der Waals surface area contributed by atoms with Crippen LogP contribution in [0, 0.1) is 0 Å². The molecule has 0 aliphatic rings. The predicted octanol–water partition coefficient (Wildman–Crippen LogP) is 4.22. The Bertz CT molecular complexity index is 663. The number of aliphatic carboxylic acids is 1. The summed E-state index contributed by atoms with van der Waals surface area (Å²) in [4.78, 5) is 15.5. The van der Waals surface area contributed by atoms with Gasteiger partial charge in [-0.25, -0.2) is 0 Å². The molecule has 0 bridgehead atoms. The molecule has 0 unspecified atom stereocenters. The molecule has 0 aliphatic heterocycles. The number of oxime groups is 1. The van der Waals surface area contributed by atoms with Crippen molar-refractivity contribution >= 4 is 23.3 Å². The second-order valence-corrected chi connectivity index (χ2v) is 5.13. The van der Waals surface area contributed by atoms with E-state index < -0.39 is 5.97 Å². The van der Waals surface area contributed by atoms with Gasteiger partial charge in [0.2, 0.25) is 0 Å². The number of carbonyl (C=O) groups is 1. The lowest BCUT2D eigenvalue weighted by atomic mass is 10.0. The van der Waals surface area contributed by atoms with Gasteiger partial charge in [-0.05, 0) is 28.8 Å². The molecule has 0 saturated carbocycles. The Hall–Kier alpha value is -2.33. The highest BCUT2D eigenvalue weighted by Crippen LogP contribution is 2.22. The highest BCUT2D eigenvalue weighted by Gasteiger charge is 2.08. The van der Waals surface area contributed by atoms with Crippen molar-refractivity contribution in [2.45, 2.75) is 12.8 Å². The van der Waals surface area contributed by atoms with Crippen LogP contribution < -0.4 is 0 Å². The van der Waals surface area contributed by atoms with E-state index in [9.17, 15) is 4.79 Å². The first-order valence-electron chi connectivity index (χ1n) is 6.78. The molecular weight excluding hydrogens is 302 g/mol. The van der Waals surface area contributed by atoms with Gasteiger partial charge in [-0.3, -0.25) is 4.79 Å². The van der Waals surface area contributed by atoms with E-state index in [4.69, 9.17) is 21.5 Å². The zero-order valence-corrected chi connectivity index (χ0v) is 12.9. The van der Waals surface area contributed by atoms with Crippen LogP contribution in [0.4, 0.5) is 0 Å². The van der Waals surface area contributed by atoms with Crippen molar-refractivity contribution in [1.29, 1.82) is 0 Å². The fourth-order valence-corrected chi connectivity index (χ4v) is 2.20. The Morgan fingerprint density at radius 2 is 1.59 bits per heavy atom. The van der Waals surface area contributed by atoms with Crippen LogP contribution in [-0.2, 0) is 9.63 Å². The van der Waals surface area contributed by atoms with Gasteiger partial charge in [-0.1, -0.05) is 53.2 Å². The zero-order chi connectivity index (χ0) is 15.9. The molecule has 5 heteroatoms. The predicted molar refractivity (Wildman–Crippen MR) is 87.3 cm³/mol. The molecule has 1 N–H and O–H groups in total. The van der Waals surface area contributed by atoms with E-state index in [0.717, 1.165) is 16.7 Å². The molecule has 4 nitrogen and oxygen atoms in total. The van der Waals surface area contributed by atoms with Crippen LogP contribution in [0.15, 0.2) is 53.7 Å². The van der Waals surface area contributed by atoms with E-state index in [1.807, 2.05) is 48.5 Å². The third-order valence-corrected chi connectivity index (χ3v) is 3.42. The smallest absolute Gasteiger partial charge is 0.303 e. The van der Waals surface area contributed by atoms with Crippen molar-refractivity contribution in [2.24, 2.45) is 5.16 Å². The quantitative estimate of drug-likeness (QED) is 0.641. The minimum atomic E-state index is -0.860. The SMILES string of the molecule is CO/N=C(\CCC(=O)O)c1ccc(-c2ccc(Cl)cc2)cc1. The molecule has 0 aliphatic carbocycles. The lowest BCUT2D eigenvalue weighted by molar-refractivity contribution is -0.136. The standard InChI is InChI=1S/C17H16ClNO3/c1-22-19-16(10-11-17(20)21)14-4-2-12(3-5-14)13-6-8-15(18)9-7-13/h2-9H,10-11H2,1H3,(H,20,21)/b19-16+. The Kier molecular flexibility index (Phi) is 5.55. The largest absolute Gasteiger partial charge is 0.481 e. The van der Waals surface area contributed by atoms with Crippen LogP contribution in [0.2, 0.25) is 5.02 Å². The number of hydrogen-bond donors (Lipinski definition) is 1. The molecule has 114 valence electrons. The summed E-state index contributed by atoms with van der Waals surface area (Å²) in [5.74, 6) is -0.860. The van der Waals surface area contributed by atoms with Gasteiger partial charge in [0.1, 0.15) is 7.11 Å². The Morgan fingerprint density at radius 3 is 2.09 bits per heavy atom. The van der Waals surface area contributed by atoms with Gasteiger partial charge in [0.15, 0.2) is 0 Å². The number of nitrogens with zero attached hydrogens (tertiary/aromatic N) is 1. The van der Waals surface area contributed by atoms with E-state index in [1.165, 1.54) is 7.11 Å². The van der Waals surface area contributed by atoms with Crippen LogP contribution in [-0.4, -0.2) is 23.9 Å². The summed E-state index contributed by atoms with van der Waals surface area (Å²) in [6.45, 7) is 0. The maximum absolute atomic E-state index is 10.7. The number of halogens is 1. The fourth-order valence-electron chi connectivity index (χ4n) is 2.08. The molecule has 0 radical (unpaired) electrons. The molecule has 2 aromatic carbocycles. The average Bonchev–Trinajstić information content (AvgIpc) is 2.52. The first-order chi connectivity index (χ1) is 10.6. The summed E-state index contributed by atoms with van der Waals surface area (Å²) >= 11 is 5.88. The van der Waals surface area contributed by atoms with Gasteiger partial charge in [-0.15, -0.1) is 0 Å². The average molecular weight is 318 g/mol. The monoisotopic (exact) mass is 317 g/mol. The van der Waals surface area contributed by atoms with E-state index in [-0.39, 0.29) is 6.42 Å². The van der Waals surface area contributed by atoms with Crippen LogP contribution in [0.5, 0.6) is 0 Å². The number of benzene rings is 2. The van der Waals surface area contributed by atoms with Crippen LogP contribution in [0.1, 0.15) is 18.4 Å². The highest BCUT2D eigenvalue weighted by atomic mass is 35.5. The number of carboxylic acids is 1. The summed E-state index contributed by atoms with van der Waals surface area (Å²) in [6.07, 6.45) is 0.338.